The van der Waals surface area contributed by atoms with Gasteiger partial charge in [0, 0.05) is 19.5 Å². The van der Waals surface area contributed by atoms with Gasteiger partial charge in [-0.15, -0.1) is 0 Å². The molecule has 0 aliphatic rings. The maximum Gasteiger partial charge on any atom is 0.277 e. The summed E-state index contributed by atoms with van der Waals surface area (Å²) < 4.78 is 29.1. The number of nitrogens with zero attached hydrogens (tertiary/aromatic N) is 1. The molecule has 0 saturated heterocycles. The predicted octanol–water partition coefficient (Wildman–Crippen LogP) is 2.74. The van der Waals surface area contributed by atoms with Crippen LogP contribution in [-0.2, 0) is 23.2 Å². The van der Waals surface area contributed by atoms with Gasteiger partial charge in [-0.3, -0.25) is 0 Å². The molecule has 3 rings (SSSR count). The molecule has 3 N–H and O–H groups in total. The molecule has 26 heavy (non-hydrogen) atoms. The number of aryl methyl sites for hydroxylation is 3. The first kappa shape index (κ1) is 18.6. The molecule has 0 aliphatic heterocycles. The van der Waals surface area contributed by atoms with Crippen LogP contribution in [-0.4, -0.2) is 24.9 Å². The molecule has 1 aromatic heterocycles. The first-order chi connectivity index (χ1) is 12.4. The zero-order valence-electron chi connectivity index (χ0n) is 15.0. The highest BCUT2D eigenvalue weighted by Gasteiger charge is 2.10. The molecule has 0 spiro atoms. The molecule has 2 aromatic carbocycles. The average molecular weight is 372 g/mol. The van der Waals surface area contributed by atoms with Gasteiger partial charge in [-0.25, -0.2) is 9.71 Å². The third-order valence-corrected chi connectivity index (χ3v) is 5.53. The number of nitrogens with one attached hydrogen (secondary N) is 3. The SMILES string of the molecule is Cc1ccc2[nH]c(CCCNS(=O)(=O)NCc3ccccc3)nc2c1C. The highest BCUT2D eigenvalue weighted by molar-refractivity contribution is 7.87. The Morgan fingerprint density at radius 2 is 1.81 bits per heavy atom. The van der Waals surface area contributed by atoms with Crippen LogP contribution in [0.4, 0.5) is 0 Å². The van der Waals surface area contributed by atoms with Crippen LogP contribution >= 0.6 is 0 Å². The van der Waals surface area contributed by atoms with E-state index < -0.39 is 10.2 Å². The highest BCUT2D eigenvalue weighted by Crippen LogP contribution is 2.19. The highest BCUT2D eigenvalue weighted by atomic mass is 32.2. The van der Waals surface area contributed by atoms with Crippen molar-refractivity contribution in [2.45, 2.75) is 33.2 Å². The molecular weight excluding hydrogens is 348 g/mol. The van der Waals surface area contributed by atoms with Gasteiger partial charge in [-0.05, 0) is 43.0 Å². The number of benzene rings is 2. The van der Waals surface area contributed by atoms with Crippen LogP contribution in [0.5, 0.6) is 0 Å². The van der Waals surface area contributed by atoms with Crippen LogP contribution in [0.2, 0.25) is 0 Å². The van der Waals surface area contributed by atoms with Crippen LogP contribution in [0.3, 0.4) is 0 Å². The molecule has 0 amide bonds. The molecule has 0 bridgehead atoms. The second kappa shape index (κ2) is 7.99. The van der Waals surface area contributed by atoms with Crippen molar-refractivity contribution in [3.63, 3.8) is 0 Å². The molecule has 0 aliphatic carbocycles. The molecule has 6 nitrogen and oxygen atoms in total. The minimum absolute atomic E-state index is 0.276. The molecule has 1 heterocycles. The maximum absolute atomic E-state index is 12.0. The van der Waals surface area contributed by atoms with E-state index >= 15 is 0 Å². The first-order valence-electron chi connectivity index (χ1n) is 8.67. The van der Waals surface area contributed by atoms with Crippen molar-refractivity contribution >= 4 is 21.2 Å². The lowest BCUT2D eigenvalue weighted by Crippen LogP contribution is -2.36. The van der Waals surface area contributed by atoms with Crippen LogP contribution in [0.25, 0.3) is 11.0 Å². The molecular formula is C19H24N4O2S. The van der Waals surface area contributed by atoms with Crippen LogP contribution in [0.1, 0.15) is 28.9 Å². The smallest absolute Gasteiger partial charge is 0.277 e. The van der Waals surface area contributed by atoms with Gasteiger partial charge in [0.15, 0.2) is 0 Å². The number of hydrogen-bond acceptors (Lipinski definition) is 3. The monoisotopic (exact) mass is 372 g/mol. The van der Waals surface area contributed by atoms with E-state index in [1.807, 2.05) is 36.4 Å². The zero-order chi connectivity index (χ0) is 18.6. The van der Waals surface area contributed by atoms with Gasteiger partial charge < -0.3 is 4.98 Å². The third kappa shape index (κ3) is 4.69. The third-order valence-electron chi connectivity index (χ3n) is 4.42. The second-order valence-electron chi connectivity index (χ2n) is 6.40. The van der Waals surface area contributed by atoms with E-state index in [0.29, 0.717) is 19.4 Å². The van der Waals surface area contributed by atoms with Gasteiger partial charge in [0.25, 0.3) is 10.2 Å². The topological polar surface area (TPSA) is 86.9 Å². The van der Waals surface area contributed by atoms with E-state index in [4.69, 9.17) is 0 Å². The Kier molecular flexibility index (Phi) is 5.70. The number of aromatic nitrogens is 2. The molecule has 0 fully saturated rings. The fourth-order valence-electron chi connectivity index (χ4n) is 2.77. The number of hydrogen-bond donors (Lipinski definition) is 3. The lowest BCUT2D eigenvalue weighted by atomic mass is 10.1. The molecule has 7 heteroatoms. The molecule has 0 atom stereocenters. The van der Waals surface area contributed by atoms with Crippen LogP contribution in [0.15, 0.2) is 42.5 Å². The Bertz CT molecular complexity index is 981. The Labute approximate surface area is 154 Å². The van der Waals surface area contributed by atoms with Gasteiger partial charge >= 0.3 is 0 Å². The molecule has 0 radical (unpaired) electrons. The van der Waals surface area contributed by atoms with Crippen molar-refractivity contribution < 1.29 is 8.42 Å². The predicted molar refractivity (Wildman–Crippen MR) is 104 cm³/mol. The summed E-state index contributed by atoms with van der Waals surface area (Å²) in [5.74, 6) is 0.880. The minimum Gasteiger partial charge on any atom is -0.342 e. The van der Waals surface area contributed by atoms with Gasteiger partial charge in [0.2, 0.25) is 0 Å². The Morgan fingerprint density at radius 1 is 1.04 bits per heavy atom. The summed E-state index contributed by atoms with van der Waals surface area (Å²) >= 11 is 0. The maximum atomic E-state index is 12.0. The number of aromatic amines is 1. The Balaban J connectivity index is 1.48. The summed E-state index contributed by atoms with van der Waals surface area (Å²) in [5.41, 5.74) is 5.33. The van der Waals surface area contributed by atoms with Crippen LogP contribution in [0, 0.1) is 13.8 Å². The normalized spacial score (nSPS) is 11.9. The van der Waals surface area contributed by atoms with Gasteiger partial charge in [0.1, 0.15) is 5.82 Å². The summed E-state index contributed by atoms with van der Waals surface area (Å²) in [6.45, 7) is 4.77. The summed E-state index contributed by atoms with van der Waals surface area (Å²) in [4.78, 5) is 7.94. The fraction of sp³-hybridized carbons (Fsp3) is 0.316. The number of imidazole rings is 1. The van der Waals surface area contributed by atoms with Crippen molar-refractivity contribution in [1.82, 2.24) is 19.4 Å². The summed E-state index contributed by atoms with van der Waals surface area (Å²) in [6.07, 6.45) is 1.36. The summed E-state index contributed by atoms with van der Waals surface area (Å²) in [5, 5.41) is 0. The fourth-order valence-corrected chi connectivity index (χ4v) is 3.64. The van der Waals surface area contributed by atoms with Gasteiger partial charge in [-0.1, -0.05) is 36.4 Å². The number of H-pyrrole nitrogens is 1. The molecule has 3 aromatic rings. The molecule has 0 unspecified atom stereocenters. The second-order valence-corrected chi connectivity index (χ2v) is 7.98. The van der Waals surface area contributed by atoms with Crippen LogP contribution < -0.4 is 9.44 Å². The van der Waals surface area contributed by atoms with E-state index in [-0.39, 0.29) is 6.54 Å². The first-order valence-corrected chi connectivity index (χ1v) is 10.2. The van der Waals surface area contributed by atoms with Crippen molar-refractivity contribution in [3.05, 3.63) is 65.0 Å². The van der Waals surface area contributed by atoms with Crippen molar-refractivity contribution in [3.8, 4) is 0 Å². The Morgan fingerprint density at radius 3 is 2.58 bits per heavy atom. The van der Waals surface area contributed by atoms with Gasteiger partial charge in [0.05, 0.1) is 11.0 Å². The van der Waals surface area contributed by atoms with E-state index in [1.165, 1.54) is 11.1 Å². The number of rotatable bonds is 8. The number of fused-ring (bicyclic) bond motifs is 1. The van der Waals surface area contributed by atoms with Crippen molar-refractivity contribution in [1.29, 1.82) is 0 Å². The molecule has 138 valence electrons. The van der Waals surface area contributed by atoms with E-state index in [9.17, 15) is 8.42 Å². The van der Waals surface area contributed by atoms with Crippen molar-refractivity contribution in [2.75, 3.05) is 6.54 Å². The van der Waals surface area contributed by atoms with E-state index in [0.717, 1.165) is 22.4 Å². The largest absolute Gasteiger partial charge is 0.342 e. The summed E-state index contributed by atoms with van der Waals surface area (Å²) in [7, 11) is -3.50. The quantitative estimate of drug-likeness (QED) is 0.531. The standard InChI is InChI=1S/C19H24N4O2S/c1-14-10-11-17-19(15(14)2)23-18(22-17)9-6-12-20-26(24,25)21-13-16-7-4-3-5-8-16/h3-5,7-8,10-11,20-21H,6,9,12-13H2,1-2H3,(H,22,23). The van der Waals surface area contributed by atoms with Crippen molar-refractivity contribution in [2.24, 2.45) is 0 Å². The minimum atomic E-state index is -3.50. The molecule has 0 saturated carbocycles. The lowest BCUT2D eigenvalue weighted by Gasteiger charge is -2.08. The van der Waals surface area contributed by atoms with E-state index in [2.05, 4.69) is 39.3 Å². The summed E-state index contributed by atoms with van der Waals surface area (Å²) in [6, 6.07) is 13.5. The lowest BCUT2D eigenvalue weighted by molar-refractivity contribution is 0.563. The van der Waals surface area contributed by atoms with Gasteiger partial charge in [-0.2, -0.15) is 13.1 Å². The average Bonchev–Trinajstić information content (AvgIpc) is 3.05. The Hall–Kier alpha value is -2.22. The zero-order valence-corrected chi connectivity index (χ0v) is 15.9. The van der Waals surface area contributed by atoms with E-state index in [1.54, 1.807) is 0 Å².